The molecular weight excluding hydrogens is 374 g/mol. The highest BCUT2D eigenvalue weighted by Crippen LogP contribution is 2.30. The van der Waals surface area contributed by atoms with E-state index in [2.05, 4.69) is 0 Å². The number of hydrogen-bond acceptors (Lipinski definition) is 6. The zero-order valence-corrected chi connectivity index (χ0v) is 16.4. The highest BCUT2D eigenvalue weighted by molar-refractivity contribution is 6.01. The predicted octanol–water partition coefficient (Wildman–Crippen LogP) is 3.57. The van der Waals surface area contributed by atoms with Crippen LogP contribution in [-0.4, -0.2) is 36.4 Å². The lowest BCUT2D eigenvalue weighted by Gasteiger charge is -2.13. The minimum Gasteiger partial charge on any atom is -0.490 e. The molecule has 0 aliphatic carbocycles. The highest BCUT2D eigenvalue weighted by atomic mass is 16.6. The minimum absolute atomic E-state index is 0.0111. The standard InChI is InChI=1S/C21H21N3O5/c1-4-28-20-12-16(11-17(13-22)21(25)23(2)3)7-10-19(20)29-14-15-5-8-18(9-6-15)24(26)27/h5-12H,4,14H2,1-3H3/b17-11-. The number of nitro groups is 1. The number of carbonyl (C=O) groups excluding carboxylic acids is 1. The van der Waals surface area contributed by atoms with Crippen molar-refractivity contribution in [2.45, 2.75) is 13.5 Å². The number of nitrogens with zero attached hydrogens (tertiary/aromatic N) is 3. The van der Waals surface area contributed by atoms with E-state index in [1.54, 1.807) is 44.4 Å². The van der Waals surface area contributed by atoms with Crippen LogP contribution in [0.4, 0.5) is 5.69 Å². The maximum Gasteiger partial charge on any atom is 0.269 e. The second-order valence-corrected chi connectivity index (χ2v) is 6.22. The van der Waals surface area contributed by atoms with E-state index < -0.39 is 4.92 Å². The van der Waals surface area contributed by atoms with Gasteiger partial charge in [-0.15, -0.1) is 0 Å². The second-order valence-electron chi connectivity index (χ2n) is 6.22. The number of nitriles is 1. The van der Waals surface area contributed by atoms with Crippen LogP contribution >= 0.6 is 0 Å². The van der Waals surface area contributed by atoms with Crippen LogP contribution in [-0.2, 0) is 11.4 Å². The first-order chi connectivity index (χ1) is 13.8. The Hall–Kier alpha value is -3.86. The van der Waals surface area contributed by atoms with Crippen molar-refractivity contribution in [2.75, 3.05) is 20.7 Å². The van der Waals surface area contributed by atoms with Gasteiger partial charge in [-0.2, -0.15) is 5.26 Å². The summed E-state index contributed by atoms with van der Waals surface area (Å²) in [5.41, 5.74) is 1.42. The molecular formula is C21H21N3O5. The van der Waals surface area contributed by atoms with Gasteiger partial charge >= 0.3 is 0 Å². The molecule has 0 aromatic heterocycles. The van der Waals surface area contributed by atoms with Crippen LogP contribution in [0.3, 0.4) is 0 Å². The fraction of sp³-hybridized carbons (Fsp3) is 0.238. The van der Waals surface area contributed by atoms with Crippen molar-refractivity contribution >= 4 is 17.7 Å². The van der Waals surface area contributed by atoms with Crippen molar-refractivity contribution in [3.8, 4) is 17.6 Å². The molecule has 0 aliphatic rings. The summed E-state index contributed by atoms with van der Waals surface area (Å²) < 4.78 is 11.4. The third-order valence-corrected chi connectivity index (χ3v) is 3.88. The summed E-state index contributed by atoms with van der Waals surface area (Å²) in [4.78, 5) is 23.6. The van der Waals surface area contributed by atoms with Gasteiger partial charge in [-0.05, 0) is 48.4 Å². The Balaban J connectivity index is 2.21. The molecule has 0 fully saturated rings. The van der Waals surface area contributed by atoms with Gasteiger partial charge < -0.3 is 14.4 Å². The van der Waals surface area contributed by atoms with Gasteiger partial charge in [0.05, 0.1) is 11.5 Å². The van der Waals surface area contributed by atoms with E-state index in [0.29, 0.717) is 23.7 Å². The Morgan fingerprint density at radius 2 is 1.86 bits per heavy atom. The van der Waals surface area contributed by atoms with E-state index in [-0.39, 0.29) is 23.8 Å². The van der Waals surface area contributed by atoms with Gasteiger partial charge in [-0.25, -0.2) is 0 Å². The molecule has 0 spiro atoms. The normalized spacial score (nSPS) is 10.8. The molecule has 0 bridgehead atoms. The molecule has 150 valence electrons. The van der Waals surface area contributed by atoms with Gasteiger partial charge in [-0.3, -0.25) is 14.9 Å². The number of non-ortho nitro benzene ring substituents is 1. The molecule has 0 saturated carbocycles. The van der Waals surface area contributed by atoms with Crippen LogP contribution in [0, 0.1) is 21.4 Å². The summed E-state index contributed by atoms with van der Waals surface area (Å²) in [5, 5.41) is 20.0. The van der Waals surface area contributed by atoms with E-state index in [1.165, 1.54) is 23.1 Å². The molecule has 2 rings (SSSR count). The summed E-state index contributed by atoms with van der Waals surface area (Å²) in [6, 6.07) is 13.1. The third kappa shape index (κ3) is 5.81. The van der Waals surface area contributed by atoms with Crippen molar-refractivity contribution in [3.05, 3.63) is 69.3 Å². The van der Waals surface area contributed by atoms with Crippen LogP contribution in [0.5, 0.6) is 11.5 Å². The van der Waals surface area contributed by atoms with Crippen LogP contribution in [0.25, 0.3) is 6.08 Å². The van der Waals surface area contributed by atoms with Crippen LogP contribution in [0.1, 0.15) is 18.1 Å². The van der Waals surface area contributed by atoms with Gasteiger partial charge in [0.15, 0.2) is 11.5 Å². The van der Waals surface area contributed by atoms with Crippen molar-refractivity contribution in [1.29, 1.82) is 5.26 Å². The molecule has 8 nitrogen and oxygen atoms in total. The van der Waals surface area contributed by atoms with Gasteiger partial charge in [0.25, 0.3) is 11.6 Å². The molecule has 8 heteroatoms. The topological polar surface area (TPSA) is 106 Å². The number of rotatable bonds is 8. The molecule has 0 aliphatic heterocycles. The number of ether oxygens (including phenoxy) is 2. The van der Waals surface area contributed by atoms with Gasteiger partial charge in [0, 0.05) is 26.2 Å². The molecule has 29 heavy (non-hydrogen) atoms. The maximum atomic E-state index is 12.0. The van der Waals surface area contributed by atoms with Crippen LogP contribution in [0.15, 0.2) is 48.0 Å². The van der Waals surface area contributed by atoms with Crippen LogP contribution in [0.2, 0.25) is 0 Å². The third-order valence-electron chi connectivity index (χ3n) is 3.88. The minimum atomic E-state index is -0.458. The maximum absolute atomic E-state index is 12.0. The number of carbonyl (C=O) groups is 1. The largest absolute Gasteiger partial charge is 0.490 e. The number of likely N-dealkylation sites (N-methyl/N-ethyl adjacent to an activating group) is 1. The predicted molar refractivity (Wildman–Crippen MR) is 107 cm³/mol. The van der Waals surface area contributed by atoms with Gasteiger partial charge in [0.2, 0.25) is 0 Å². The second kappa shape index (κ2) is 9.90. The zero-order chi connectivity index (χ0) is 21.4. The zero-order valence-electron chi connectivity index (χ0n) is 16.4. The fourth-order valence-corrected chi connectivity index (χ4v) is 2.43. The van der Waals surface area contributed by atoms with Crippen molar-refractivity contribution in [3.63, 3.8) is 0 Å². The average Bonchev–Trinajstić information content (AvgIpc) is 2.71. The Morgan fingerprint density at radius 1 is 1.17 bits per heavy atom. The number of amides is 1. The molecule has 0 saturated heterocycles. The number of hydrogen-bond donors (Lipinski definition) is 0. The van der Waals surface area contributed by atoms with Crippen LogP contribution < -0.4 is 9.47 Å². The van der Waals surface area contributed by atoms with E-state index in [9.17, 15) is 20.2 Å². The smallest absolute Gasteiger partial charge is 0.269 e. The fourth-order valence-electron chi connectivity index (χ4n) is 2.43. The molecule has 0 N–H and O–H groups in total. The summed E-state index contributed by atoms with van der Waals surface area (Å²) in [6.07, 6.45) is 1.49. The molecule has 0 radical (unpaired) electrons. The number of nitro benzene ring substituents is 1. The van der Waals surface area contributed by atoms with Crippen molar-refractivity contribution in [2.24, 2.45) is 0 Å². The van der Waals surface area contributed by atoms with Crippen molar-refractivity contribution in [1.82, 2.24) is 4.90 Å². The van der Waals surface area contributed by atoms with E-state index in [1.807, 2.05) is 13.0 Å². The SMILES string of the molecule is CCOc1cc(/C=C(/C#N)C(=O)N(C)C)ccc1OCc1ccc([N+](=O)[O-])cc1. The Morgan fingerprint density at radius 3 is 2.41 bits per heavy atom. The molecule has 0 atom stereocenters. The summed E-state index contributed by atoms with van der Waals surface area (Å²) in [7, 11) is 3.16. The quantitative estimate of drug-likeness (QED) is 0.293. The Kier molecular flexibility index (Phi) is 7.32. The first-order valence-electron chi connectivity index (χ1n) is 8.82. The van der Waals surface area contributed by atoms with Gasteiger partial charge in [0.1, 0.15) is 18.2 Å². The lowest BCUT2D eigenvalue weighted by Crippen LogP contribution is -2.22. The van der Waals surface area contributed by atoms with Crippen molar-refractivity contribution < 1.29 is 19.2 Å². The number of benzene rings is 2. The highest BCUT2D eigenvalue weighted by Gasteiger charge is 2.13. The Labute approximate surface area is 168 Å². The summed E-state index contributed by atoms with van der Waals surface area (Å²) >= 11 is 0. The molecule has 2 aromatic carbocycles. The average molecular weight is 395 g/mol. The molecule has 1 amide bonds. The summed E-state index contributed by atoms with van der Waals surface area (Å²) in [5.74, 6) is 0.571. The van der Waals surface area contributed by atoms with E-state index in [4.69, 9.17) is 9.47 Å². The first kappa shape index (κ1) is 21.4. The monoisotopic (exact) mass is 395 g/mol. The summed E-state index contributed by atoms with van der Waals surface area (Å²) in [6.45, 7) is 2.44. The molecule has 0 heterocycles. The lowest BCUT2D eigenvalue weighted by molar-refractivity contribution is -0.384. The first-order valence-corrected chi connectivity index (χ1v) is 8.82. The molecule has 0 unspecified atom stereocenters. The van der Waals surface area contributed by atoms with E-state index in [0.717, 1.165) is 5.56 Å². The Bertz CT molecular complexity index is 959. The van der Waals surface area contributed by atoms with Gasteiger partial charge in [-0.1, -0.05) is 6.07 Å². The molecule has 2 aromatic rings. The lowest BCUT2D eigenvalue weighted by atomic mass is 10.1. The van der Waals surface area contributed by atoms with E-state index >= 15 is 0 Å².